The average Bonchev–Trinajstić information content (AvgIpc) is 2.56. The minimum atomic E-state index is -3.76. The molecule has 0 amide bonds. The van der Waals surface area contributed by atoms with E-state index >= 15 is 0 Å². The van der Waals surface area contributed by atoms with E-state index in [1.54, 1.807) is 31.3 Å². The van der Waals surface area contributed by atoms with Gasteiger partial charge in [-0.3, -0.25) is 0 Å². The molecule has 3 rings (SSSR count). The fourth-order valence-electron chi connectivity index (χ4n) is 2.71. The quantitative estimate of drug-likeness (QED) is 0.842. The molecule has 2 aromatic rings. The van der Waals surface area contributed by atoms with E-state index in [-0.39, 0.29) is 5.75 Å². The van der Waals surface area contributed by atoms with Crippen LogP contribution >= 0.6 is 0 Å². The van der Waals surface area contributed by atoms with Gasteiger partial charge in [0.05, 0.1) is 11.4 Å². The SMILES string of the molecule is CNCCCC1Oc2cc(F)ccc2N(c2ccccc2)S1(=O)=O. The molecule has 7 heteroatoms. The molecule has 1 unspecified atom stereocenters. The van der Waals surface area contributed by atoms with Gasteiger partial charge in [-0.05, 0) is 44.3 Å². The van der Waals surface area contributed by atoms with E-state index in [0.717, 1.165) is 0 Å². The highest BCUT2D eigenvalue weighted by molar-refractivity contribution is 7.93. The van der Waals surface area contributed by atoms with Crippen LogP contribution in [0, 0.1) is 5.82 Å². The van der Waals surface area contributed by atoms with Crippen molar-refractivity contribution in [1.29, 1.82) is 0 Å². The zero-order valence-corrected chi connectivity index (χ0v) is 14.1. The molecule has 1 atom stereocenters. The van der Waals surface area contributed by atoms with Crippen molar-refractivity contribution in [2.24, 2.45) is 0 Å². The number of rotatable bonds is 5. The molecule has 128 valence electrons. The van der Waals surface area contributed by atoms with Gasteiger partial charge in [-0.15, -0.1) is 0 Å². The molecular formula is C17H19FN2O3S. The van der Waals surface area contributed by atoms with E-state index in [0.29, 0.717) is 30.8 Å². The van der Waals surface area contributed by atoms with Crippen LogP contribution < -0.4 is 14.4 Å². The lowest BCUT2D eigenvalue weighted by Crippen LogP contribution is -2.43. The van der Waals surface area contributed by atoms with Crippen LogP contribution in [0.2, 0.25) is 0 Å². The maximum Gasteiger partial charge on any atom is 0.277 e. The minimum Gasteiger partial charge on any atom is -0.470 e. The van der Waals surface area contributed by atoms with Gasteiger partial charge in [-0.1, -0.05) is 18.2 Å². The Morgan fingerprint density at radius 2 is 1.96 bits per heavy atom. The molecule has 1 heterocycles. The highest BCUT2D eigenvalue weighted by Crippen LogP contribution is 2.43. The summed E-state index contributed by atoms with van der Waals surface area (Å²) in [6.45, 7) is 0.677. The first-order valence-electron chi connectivity index (χ1n) is 7.74. The standard InChI is InChI=1S/C17H19FN2O3S/c1-19-11-5-8-17-23-16-12-13(18)9-10-15(16)20(24(17,21)22)14-6-3-2-4-7-14/h2-4,6-7,9-10,12,17,19H,5,8,11H2,1H3. The van der Waals surface area contributed by atoms with Crippen LogP contribution in [-0.2, 0) is 10.0 Å². The Morgan fingerprint density at radius 1 is 1.21 bits per heavy atom. The Bertz CT molecular complexity index is 812. The second kappa shape index (κ2) is 6.78. The van der Waals surface area contributed by atoms with E-state index in [1.807, 2.05) is 6.07 Å². The van der Waals surface area contributed by atoms with Gasteiger partial charge in [0.15, 0.2) is 0 Å². The highest BCUT2D eigenvalue weighted by atomic mass is 32.2. The van der Waals surface area contributed by atoms with Crippen molar-refractivity contribution < 1.29 is 17.5 Å². The van der Waals surface area contributed by atoms with Crippen LogP contribution in [0.4, 0.5) is 15.8 Å². The summed E-state index contributed by atoms with van der Waals surface area (Å²) in [6, 6.07) is 12.6. The Balaban J connectivity index is 2.07. The third-order valence-electron chi connectivity index (χ3n) is 3.84. The van der Waals surface area contributed by atoms with Gasteiger partial charge in [-0.25, -0.2) is 17.1 Å². The van der Waals surface area contributed by atoms with E-state index in [9.17, 15) is 12.8 Å². The third-order valence-corrected chi connectivity index (χ3v) is 5.76. The first-order valence-corrected chi connectivity index (χ1v) is 9.24. The number of para-hydroxylation sites is 1. The van der Waals surface area contributed by atoms with E-state index < -0.39 is 21.3 Å². The number of nitrogens with one attached hydrogen (secondary N) is 1. The lowest BCUT2D eigenvalue weighted by atomic mass is 10.2. The molecule has 5 nitrogen and oxygen atoms in total. The number of halogens is 1. The maximum atomic E-state index is 13.6. The number of hydrogen-bond acceptors (Lipinski definition) is 4. The van der Waals surface area contributed by atoms with Crippen LogP contribution in [0.15, 0.2) is 48.5 Å². The number of nitrogens with zero attached hydrogens (tertiary/aromatic N) is 1. The molecule has 0 fully saturated rings. The summed E-state index contributed by atoms with van der Waals surface area (Å²) in [4.78, 5) is 0. The number of hydrogen-bond donors (Lipinski definition) is 1. The van der Waals surface area contributed by atoms with Crippen molar-refractivity contribution in [2.45, 2.75) is 18.3 Å². The van der Waals surface area contributed by atoms with Crippen molar-refractivity contribution in [2.75, 3.05) is 17.9 Å². The van der Waals surface area contributed by atoms with Crippen LogP contribution in [0.25, 0.3) is 0 Å². The molecule has 0 saturated carbocycles. The Hall–Kier alpha value is -2.12. The smallest absolute Gasteiger partial charge is 0.277 e. The predicted molar refractivity (Wildman–Crippen MR) is 91.5 cm³/mol. The first-order chi connectivity index (χ1) is 11.5. The molecule has 0 bridgehead atoms. The molecule has 0 aromatic heterocycles. The van der Waals surface area contributed by atoms with Gasteiger partial charge in [0.1, 0.15) is 11.6 Å². The number of sulfonamides is 1. The van der Waals surface area contributed by atoms with Gasteiger partial charge in [0.2, 0.25) is 5.44 Å². The normalized spacial score (nSPS) is 18.8. The van der Waals surface area contributed by atoms with Crippen LogP contribution in [0.5, 0.6) is 5.75 Å². The van der Waals surface area contributed by atoms with Gasteiger partial charge < -0.3 is 10.1 Å². The van der Waals surface area contributed by atoms with Crippen LogP contribution in [0.1, 0.15) is 12.8 Å². The second-order valence-corrected chi connectivity index (χ2v) is 7.47. The van der Waals surface area contributed by atoms with Crippen LogP contribution in [0.3, 0.4) is 0 Å². The molecule has 24 heavy (non-hydrogen) atoms. The Morgan fingerprint density at radius 3 is 2.67 bits per heavy atom. The van der Waals surface area contributed by atoms with Crippen LogP contribution in [-0.4, -0.2) is 27.4 Å². The van der Waals surface area contributed by atoms with Crippen molar-refractivity contribution in [3.63, 3.8) is 0 Å². The minimum absolute atomic E-state index is 0.239. The van der Waals surface area contributed by atoms with Crippen molar-refractivity contribution in [1.82, 2.24) is 5.32 Å². The lowest BCUT2D eigenvalue weighted by Gasteiger charge is -2.35. The molecule has 1 aliphatic rings. The second-order valence-electron chi connectivity index (χ2n) is 5.55. The summed E-state index contributed by atoms with van der Waals surface area (Å²) in [5, 5.41) is 2.98. The van der Waals surface area contributed by atoms with E-state index in [1.165, 1.54) is 22.5 Å². The predicted octanol–water partition coefficient (Wildman–Crippen LogP) is 3.01. The third kappa shape index (κ3) is 3.09. The number of benzene rings is 2. The summed E-state index contributed by atoms with van der Waals surface area (Å²) in [6.07, 6.45) is 0.954. The zero-order valence-electron chi connectivity index (χ0n) is 13.3. The lowest BCUT2D eigenvalue weighted by molar-refractivity contribution is 0.253. The molecule has 2 aromatic carbocycles. The summed E-state index contributed by atoms with van der Waals surface area (Å²) in [5.41, 5.74) is -0.208. The largest absolute Gasteiger partial charge is 0.470 e. The van der Waals surface area contributed by atoms with Crippen molar-refractivity contribution in [3.8, 4) is 5.75 Å². The number of anilines is 2. The topological polar surface area (TPSA) is 58.6 Å². The fraction of sp³-hybridized carbons (Fsp3) is 0.294. The summed E-state index contributed by atoms with van der Waals surface area (Å²) in [7, 11) is -1.96. The maximum absolute atomic E-state index is 13.6. The molecule has 0 radical (unpaired) electrons. The van der Waals surface area contributed by atoms with Gasteiger partial charge in [-0.2, -0.15) is 0 Å². The monoisotopic (exact) mass is 350 g/mol. The highest BCUT2D eigenvalue weighted by Gasteiger charge is 2.40. The summed E-state index contributed by atoms with van der Waals surface area (Å²) < 4.78 is 46.6. The summed E-state index contributed by atoms with van der Waals surface area (Å²) >= 11 is 0. The van der Waals surface area contributed by atoms with Crippen molar-refractivity contribution >= 4 is 21.4 Å². The Kier molecular flexibility index (Phi) is 4.73. The average molecular weight is 350 g/mol. The van der Waals surface area contributed by atoms with Crippen molar-refractivity contribution in [3.05, 3.63) is 54.3 Å². The number of ether oxygens (including phenoxy) is 1. The van der Waals surface area contributed by atoms with Gasteiger partial charge in [0.25, 0.3) is 10.0 Å². The molecule has 1 N–H and O–H groups in total. The molecule has 0 spiro atoms. The zero-order chi connectivity index (χ0) is 17.2. The summed E-state index contributed by atoms with van der Waals surface area (Å²) in [5.74, 6) is -0.224. The Labute approximate surface area is 141 Å². The number of fused-ring (bicyclic) bond motifs is 1. The molecular weight excluding hydrogens is 331 g/mol. The molecule has 0 saturated heterocycles. The van der Waals surface area contributed by atoms with Gasteiger partial charge in [0, 0.05) is 12.5 Å². The van der Waals surface area contributed by atoms with E-state index in [2.05, 4.69) is 5.32 Å². The van der Waals surface area contributed by atoms with Gasteiger partial charge >= 0.3 is 0 Å². The molecule has 0 aliphatic carbocycles. The van der Waals surface area contributed by atoms with E-state index in [4.69, 9.17) is 4.74 Å². The fourth-order valence-corrected chi connectivity index (χ4v) is 4.48. The first kappa shape index (κ1) is 16.7. The molecule has 1 aliphatic heterocycles.